The number of aromatic hydroxyl groups is 1. The number of ether oxygens (including phenoxy) is 2. The van der Waals surface area contributed by atoms with E-state index >= 15 is 0 Å². The van der Waals surface area contributed by atoms with Crippen molar-refractivity contribution in [1.29, 1.82) is 0 Å². The van der Waals surface area contributed by atoms with Crippen molar-refractivity contribution in [3.63, 3.8) is 0 Å². The zero-order valence-corrected chi connectivity index (χ0v) is 11.5. The summed E-state index contributed by atoms with van der Waals surface area (Å²) in [4.78, 5) is 10.5. The summed E-state index contributed by atoms with van der Waals surface area (Å²) >= 11 is 0. The summed E-state index contributed by atoms with van der Waals surface area (Å²) in [6, 6.07) is 9.45. The van der Waals surface area contributed by atoms with E-state index in [1.54, 1.807) is 18.2 Å². The van der Waals surface area contributed by atoms with E-state index in [1.165, 1.54) is 32.4 Å². The topological polar surface area (TPSA) is 92.8 Å². The van der Waals surface area contributed by atoms with Crippen LogP contribution in [-0.2, 0) is 0 Å². The Morgan fingerprint density at radius 1 is 0.905 bits per heavy atom. The maximum Gasteiger partial charge on any atom is 0.200 e. The zero-order valence-electron chi connectivity index (χ0n) is 11.5. The molecule has 0 saturated heterocycles. The Morgan fingerprint density at radius 2 is 1.48 bits per heavy atom. The van der Waals surface area contributed by atoms with E-state index in [2.05, 4.69) is 15.4 Å². The Kier molecular flexibility index (Phi) is 4.45. The summed E-state index contributed by atoms with van der Waals surface area (Å²) in [5.74, 6) is 0.351. The minimum atomic E-state index is -0.105. The van der Waals surface area contributed by atoms with Crippen LogP contribution in [0.5, 0.6) is 17.2 Å². The molecule has 0 aliphatic rings. The van der Waals surface area contributed by atoms with Crippen LogP contribution in [0.1, 0.15) is 0 Å². The smallest absolute Gasteiger partial charge is 0.200 e. The van der Waals surface area contributed by atoms with Gasteiger partial charge in [0.05, 0.1) is 25.6 Å². The standard InChI is InChI=1S/C14H13N3O4/c1-20-12-7-11(8-13(21-2)14(12)18)16-15-9-4-3-5-10(6-9)17-19/h3-8,18H,1-2H3. The predicted molar refractivity (Wildman–Crippen MR) is 77.3 cm³/mol. The lowest BCUT2D eigenvalue weighted by molar-refractivity contribution is 0.340. The van der Waals surface area contributed by atoms with E-state index in [9.17, 15) is 10.0 Å². The van der Waals surface area contributed by atoms with Crippen molar-refractivity contribution in [3.8, 4) is 17.2 Å². The van der Waals surface area contributed by atoms with E-state index in [1.807, 2.05) is 0 Å². The maximum atomic E-state index is 10.5. The molecule has 2 aromatic carbocycles. The van der Waals surface area contributed by atoms with Crippen LogP contribution in [0.4, 0.5) is 17.1 Å². The number of hydrogen-bond donors (Lipinski definition) is 1. The van der Waals surface area contributed by atoms with Crippen LogP contribution in [0, 0.1) is 4.91 Å². The summed E-state index contributed by atoms with van der Waals surface area (Å²) in [5, 5.41) is 20.6. The second kappa shape index (κ2) is 6.47. The largest absolute Gasteiger partial charge is 0.502 e. The lowest BCUT2D eigenvalue weighted by Gasteiger charge is -2.08. The van der Waals surface area contributed by atoms with E-state index in [4.69, 9.17) is 9.47 Å². The van der Waals surface area contributed by atoms with Crippen LogP contribution in [0.25, 0.3) is 0 Å². The highest BCUT2D eigenvalue weighted by molar-refractivity contribution is 5.59. The van der Waals surface area contributed by atoms with Crippen molar-refractivity contribution in [3.05, 3.63) is 41.3 Å². The first-order valence-electron chi connectivity index (χ1n) is 5.98. The van der Waals surface area contributed by atoms with Crippen molar-refractivity contribution in [2.24, 2.45) is 15.4 Å². The van der Waals surface area contributed by atoms with Crippen LogP contribution in [0.3, 0.4) is 0 Å². The third kappa shape index (κ3) is 3.33. The lowest BCUT2D eigenvalue weighted by atomic mass is 10.2. The number of nitroso groups, excluding NO2 is 1. The molecule has 108 valence electrons. The summed E-state index contributed by atoms with van der Waals surface area (Å²) in [5.41, 5.74) is 1.19. The molecule has 0 saturated carbocycles. The Labute approximate surface area is 120 Å². The molecule has 7 nitrogen and oxygen atoms in total. The average Bonchev–Trinajstić information content (AvgIpc) is 2.54. The summed E-state index contributed by atoms with van der Waals surface area (Å²) in [6.07, 6.45) is 0. The molecule has 2 rings (SSSR count). The van der Waals surface area contributed by atoms with Crippen molar-refractivity contribution < 1.29 is 14.6 Å². The van der Waals surface area contributed by atoms with Gasteiger partial charge in [-0.1, -0.05) is 6.07 Å². The van der Waals surface area contributed by atoms with E-state index in [0.717, 1.165) is 0 Å². The molecule has 7 heteroatoms. The summed E-state index contributed by atoms with van der Waals surface area (Å²) in [6.45, 7) is 0. The first-order chi connectivity index (χ1) is 10.2. The monoisotopic (exact) mass is 287 g/mol. The van der Waals surface area contributed by atoms with Crippen LogP contribution in [0.15, 0.2) is 51.8 Å². The van der Waals surface area contributed by atoms with Crippen LogP contribution in [-0.4, -0.2) is 19.3 Å². The molecule has 0 aliphatic carbocycles. The summed E-state index contributed by atoms with van der Waals surface area (Å²) in [7, 11) is 2.85. The van der Waals surface area contributed by atoms with E-state index in [-0.39, 0.29) is 22.9 Å². The van der Waals surface area contributed by atoms with E-state index in [0.29, 0.717) is 11.4 Å². The van der Waals surface area contributed by atoms with Gasteiger partial charge in [-0.3, -0.25) is 0 Å². The molecule has 0 radical (unpaired) electrons. The number of rotatable bonds is 5. The van der Waals surface area contributed by atoms with Gasteiger partial charge in [-0.05, 0) is 23.4 Å². The van der Waals surface area contributed by atoms with Gasteiger partial charge in [0, 0.05) is 12.1 Å². The zero-order chi connectivity index (χ0) is 15.2. The highest BCUT2D eigenvalue weighted by Gasteiger charge is 2.10. The Bertz CT molecular complexity index is 661. The fourth-order valence-electron chi connectivity index (χ4n) is 1.66. The first-order valence-corrected chi connectivity index (χ1v) is 5.98. The second-order valence-electron chi connectivity index (χ2n) is 4.01. The first kappa shape index (κ1) is 14.4. The van der Waals surface area contributed by atoms with Crippen molar-refractivity contribution in [2.45, 2.75) is 0 Å². The highest BCUT2D eigenvalue weighted by atomic mass is 16.5. The number of hydrogen-bond acceptors (Lipinski definition) is 7. The third-order valence-corrected chi connectivity index (χ3v) is 2.68. The number of phenols is 1. The van der Waals surface area contributed by atoms with Gasteiger partial charge in [0.25, 0.3) is 0 Å². The van der Waals surface area contributed by atoms with Gasteiger partial charge in [0.2, 0.25) is 5.75 Å². The molecule has 0 aliphatic heterocycles. The second-order valence-corrected chi connectivity index (χ2v) is 4.01. The normalized spacial score (nSPS) is 10.6. The van der Waals surface area contributed by atoms with Crippen molar-refractivity contribution in [2.75, 3.05) is 14.2 Å². The molecule has 2 aromatic rings. The molecule has 0 fully saturated rings. The quantitative estimate of drug-likeness (QED) is 0.658. The number of methoxy groups -OCH3 is 2. The number of benzene rings is 2. The van der Waals surface area contributed by atoms with Crippen LogP contribution in [0.2, 0.25) is 0 Å². The van der Waals surface area contributed by atoms with Gasteiger partial charge in [-0.2, -0.15) is 10.2 Å². The highest BCUT2D eigenvalue weighted by Crippen LogP contribution is 2.40. The molecule has 0 atom stereocenters. The fourth-order valence-corrected chi connectivity index (χ4v) is 1.66. The number of nitrogens with zero attached hydrogens (tertiary/aromatic N) is 3. The molecule has 0 aromatic heterocycles. The molecule has 0 unspecified atom stereocenters. The van der Waals surface area contributed by atoms with Gasteiger partial charge < -0.3 is 14.6 Å². The molecule has 0 heterocycles. The lowest BCUT2D eigenvalue weighted by Crippen LogP contribution is -1.88. The van der Waals surface area contributed by atoms with Gasteiger partial charge in [-0.15, -0.1) is 4.91 Å². The SMILES string of the molecule is COc1cc(N=Nc2cccc(N=O)c2)cc(OC)c1O. The molecule has 0 bridgehead atoms. The Balaban J connectivity index is 2.33. The summed E-state index contributed by atoms with van der Waals surface area (Å²) < 4.78 is 10.1. The van der Waals surface area contributed by atoms with Gasteiger partial charge >= 0.3 is 0 Å². The number of phenolic OH excluding ortho intramolecular Hbond substituents is 1. The molecule has 0 spiro atoms. The molecular formula is C14H13N3O4. The Morgan fingerprint density at radius 3 is 2.05 bits per heavy atom. The molecule has 0 amide bonds. The third-order valence-electron chi connectivity index (χ3n) is 2.68. The predicted octanol–water partition coefficient (Wildman–Crippen LogP) is 4.22. The average molecular weight is 287 g/mol. The van der Waals surface area contributed by atoms with Crippen LogP contribution < -0.4 is 9.47 Å². The molecular weight excluding hydrogens is 274 g/mol. The minimum absolute atomic E-state index is 0.105. The molecule has 1 N–H and O–H groups in total. The van der Waals surface area contributed by atoms with Gasteiger partial charge in [-0.25, -0.2) is 0 Å². The van der Waals surface area contributed by atoms with E-state index < -0.39 is 0 Å². The number of azo groups is 1. The van der Waals surface area contributed by atoms with Gasteiger partial charge in [0.1, 0.15) is 5.69 Å². The van der Waals surface area contributed by atoms with Crippen molar-refractivity contribution >= 4 is 17.1 Å². The Hall–Kier alpha value is -2.96. The fraction of sp³-hybridized carbons (Fsp3) is 0.143. The van der Waals surface area contributed by atoms with Gasteiger partial charge in [0.15, 0.2) is 11.5 Å². The molecule has 21 heavy (non-hydrogen) atoms. The maximum absolute atomic E-state index is 10.5. The van der Waals surface area contributed by atoms with Crippen LogP contribution >= 0.6 is 0 Å². The van der Waals surface area contributed by atoms with Crippen molar-refractivity contribution in [1.82, 2.24) is 0 Å². The minimum Gasteiger partial charge on any atom is -0.502 e.